The number of amidine groups is 1. The first-order valence-electron chi connectivity index (χ1n) is 8.93. The zero-order valence-electron chi connectivity index (χ0n) is 17.0. The van der Waals surface area contributed by atoms with Crippen LogP contribution >= 0.6 is 0 Å². The van der Waals surface area contributed by atoms with E-state index >= 15 is 0 Å². The normalized spacial score (nSPS) is 19.5. The molecule has 0 aliphatic carbocycles. The standard InChI is InChI=1S/C18H18F3N5O3.CH2O2/c1-17(18(20,21)9-29-8-14(22)26-17)11-5-10(3-4-12(11)19)25-16(27)13-6-24-15(28-2)7-23-13;2-1-3/h3-7H,8-9H2,1-2H3,(H2,22,26)(H,25,27);1H,(H,2,3). The lowest BCUT2D eigenvalue weighted by Gasteiger charge is -2.33. The molecule has 1 aromatic heterocycles. The van der Waals surface area contributed by atoms with E-state index in [1.807, 2.05) is 0 Å². The molecule has 1 aliphatic rings. The number of aromatic nitrogens is 2. The van der Waals surface area contributed by atoms with E-state index in [9.17, 15) is 18.0 Å². The minimum atomic E-state index is -3.54. The summed E-state index contributed by atoms with van der Waals surface area (Å²) in [6.07, 6.45) is 2.43. The Labute approximate surface area is 180 Å². The van der Waals surface area contributed by atoms with E-state index in [4.69, 9.17) is 25.1 Å². The maximum absolute atomic E-state index is 14.7. The van der Waals surface area contributed by atoms with Crippen molar-refractivity contribution in [2.24, 2.45) is 10.7 Å². The predicted molar refractivity (Wildman–Crippen MR) is 106 cm³/mol. The molecule has 32 heavy (non-hydrogen) atoms. The number of ether oxygens (including phenoxy) is 2. The van der Waals surface area contributed by atoms with Crippen molar-refractivity contribution in [3.63, 3.8) is 0 Å². The van der Waals surface area contributed by atoms with Crippen molar-refractivity contribution in [3.8, 4) is 5.88 Å². The van der Waals surface area contributed by atoms with Gasteiger partial charge in [-0.05, 0) is 25.1 Å². The minimum absolute atomic E-state index is 0.0432. The number of hydrogen-bond donors (Lipinski definition) is 3. The summed E-state index contributed by atoms with van der Waals surface area (Å²) in [7, 11) is 1.40. The largest absolute Gasteiger partial charge is 0.483 e. The summed E-state index contributed by atoms with van der Waals surface area (Å²) in [5.74, 6) is -5.10. The van der Waals surface area contributed by atoms with Crippen molar-refractivity contribution in [1.29, 1.82) is 0 Å². The predicted octanol–water partition coefficient (Wildman–Crippen LogP) is 1.82. The van der Waals surface area contributed by atoms with E-state index in [-0.39, 0.29) is 36.2 Å². The molecule has 2 heterocycles. The summed E-state index contributed by atoms with van der Waals surface area (Å²) >= 11 is 0. The molecule has 1 atom stereocenters. The van der Waals surface area contributed by atoms with E-state index in [0.717, 1.165) is 19.1 Å². The summed E-state index contributed by atoms with van der Waals surface area (Å²) in [5, 5.41) is 9.36. The zero-order chi connectivity index (χ0) is 23.9. The van der Waals surface area contributed by atoms with Crippen molar-refractivity contribution in [3.05, 3.63) is 47.7 Å². The van der Waals surface area contributed by atoms with Crippen LogP contribution in [0.1, 0.15) is 23.0 Å². The maximum atomic E-state index is 14.7. The van der Waals surface area contributed by atoms with Gasteiger partial charge in [0.05, 0.1) is 19.5 Å². The molecule has 3 rings (SSSR count). The van der Waals surface area contributed by atoms with E-state index < -0.39 is 35.4 Å². The van der Waals surface area contributed by atoms with Crippen molar-refractivity contribution < 1.29 is 37.3 Å². The number of anilines is 1. The average molecular weight is 455 g/mol. The number of nitrogens with two attached hydrogens (primary N) is 1. The fourth-order valence-electron chi connectivity index (χ4n) is 2.79. The molecule has 2 aromatic rings. The summed E-state index contributed by atoms with van der Waals surface area (Å²) in [6, 6.07) is 3.28. The second kappa shape index (κ2) is 10.0. The second-order valence-corrected chi connectivity index (χ2v) is 6.57. The molecule has 1 amide bonds. The van der Waals surface area contributed by atoms with Crippen LogP contribution in [0.5, 0.6) is 5.88 Å². The van der Waals surface area contributed by atoms with Gasteiger partial charge in [0.15, 0.2) is 5.54 Å². The summed E-state index contributed by atoms with van der Waals surface area (Å²) < 4.78 is 53.6. The van der Waals surface area contributed by atoms with Crippen molar-refractivity contribution in [2.45, 2.75) is 18.4 Å². The molecule has 1 aliphatic heterocycles. The molecule has 10 nitrogen and oxygen atoms in total. The van der Waals surface area contributed by atoms with Gasteiger partial charge in [-0.1, -0.05) is 0 Å². The number of halogens is 3. The SMILES string of the molecule is COc1cnc(C(=O)Nc2ccc(F)c(C3(C)N=C(N)COCC3(F)F)c2)cn1.O=CO. The van der Waals surface area contributed by atoms with Crippen LogP contribution in [0.3, 0.4) is 0 Å². The molecule has 13 heteroatoms. The Bertz CT molecular complexity index is 1000. The Kier molecular flexibility index (Phi) is 7.70. The molecule has 0 saturated heterocycles. The number of carbonyl (C=O) groups excluding carboxylic acids is 1. The number of aliphatic imine (C=N–C) groups is 1. The second-order valence-electron chi connectivity index (χ2n) is 6.57. The Hall–Kier alpha value is -3.74. The van der Waals surface area contributed by atoms with Crippen LogP contribution in [0.2, 0.25) is 0 Å². The Morgan fingerprint density at radius 2 is 2.03 bits per heavy atom. The number of carboxylic acid groups (broad SMARTS) is 1. The van der Waals surface area contributed by atoms with Crippen LogP contribution in [0.4, 0.5) is 18.9 Å². The van der Waals surface area contributed by atoms with Crippen LogP contribution < -0.4 is 15.8 Å². The van der Waals surface area contributed by atoms with E-state index in [1.54, 1.807) is 0 Å². The van der Waals surface area contributed by atoms with Gasteiger partial charge >= 0.3 is 0 Å². The lowest BCUT2D eigenvalue weighted by molar-refractivity contribution is -0.122. The number of hydrogen-bond acceptors (Lipinski definition) is 8. The Morgan fingerprint density at radius 1 is 1.34 bits per heavy atom. The topological polar surface area (TPSA) is 149 Å². The van der Waals surface area contributed by atoms with Gasteiger partial charge in [0.1, 0.15) is 30.6 Å². The van der Waals surface area contributed by atoms with Crippen molar-refractivity contribution in [2.75, 3.05) is 25.6 Å². The maximum Gasteiger partial charge on any atom is 0.299 e. The van der Waals surface area contributed by atoms with Crippen LogP contribution in [0.25, 0.3) is 0 Å². The number of methoxy groups -OCH3 is 1. The fourth-order valence-corrected chi connectivity index (χ4v) is 2.79. The van der Waals surface area contributed by atoms with Crippen LogP contribution in [0, 0.1) is 5.82 Å². The lowest BCUT2D eigenvalue weighted by atomic mass is 9.85. The molecule has 0 fully saturated rings. The Balaban J connectivity index is 0.00000114. The van der Waals surface area contributed by atoms with Gasteiger partial charge in [-0.25, -0.2) is 23.1 Å². The summed E-state index contributed by atoms with van der Waals surface area (Å²) in [5.41, 5.74) is 2.88. The van der Waals surface area contributed by atoms with E-state index in [1.165, 1.54) is 25.6 Å². The smallest absolute Gasteiger partial charge is 0.299 e. The first kappa shape index (κ1) is 24.5. The fraction of sp³-hybridized carbons (Fsp3) is 0.316. The zero-order valence-corrected chi connectivity index (χ0v) is 17.0. The highest BCUT2D eigenvalue weighted by molar-refractivity contribution is 6.02. The molecular formula is C19H20F3N5O5. The summed E-state index contributed by atoms with van der Waals surface area (Å²) in [6.45, 7) is -0.460. The lowest BCUT2D eigenvalue weighted by Crippen LogP contribution is -2.45. The molecular weight excluding hydrogens is 435 g/mol. The number of benzene rings is 1. The van der Waals surface area contributed by atoms with Crippen LogP contribution in [0.15, 0.2) is 35.6 Å². The number of nitrogens with zero attached hydrogens (tertiary/aromatic N) is 3. The third-order valence-corrected chi connectivity index (χ3v) is 4.43. The molecule has 0 radical (unpaired) electrons. The van der Waals surface area contributed by atoms with Gasteiger partial charge in [0.25, 0.3) is 18.3 Å². The first-order valence-corrected chi connectivity index (χ1v) is 8.93. The molecule has 0 saturated carbocycles. The average Bonchev–Trinajstić information content (AvgIpc) is 2.85. The highest BCUT2D eigenvalue weighted by Crippen LogP contribution is 2.44. The van der Waals surface area contributed by atoms with E-state index in [0.29, 0.717) is 0 Å². The van der Waals surface area contributed by atoms with Gasteiger partial charge in [-0.3, -0.25) is 14.6 Å². The van der Waals surface area contributed by atoms with Crippen LogP contribution in [-0.4, -0.2) is 59.5 Å². The van der Waals surface area contributed by atoms with Crippen molar-refractivity contribution in [1.82, 2.24) is 9.97 Å². The van der Waals surface area contributed by atoms with Gasteiger partial charge in [0, 0.05) is 11.3 Å². The molecule has 1 aromatic carbocycles. The number of rotatable bonds is 4. The number of carbonyl (C=O) groups is 2. The van der Waals surface area contributed by atoms with Gasteiger partial charge in [-0.2, -0.15) is 0 Å². The minimum Gasteiger partial charge on any atom is -0.483 e. The van der Waals surface area contributed by atoms with Gasteiger partial charge in [-0.15, -0.1) is 0 Å². The van der Waals surface area contributed by atoms with E-state index in [2.05, 4.69) is 20.3 Å². The monoisotopic (exact) mass is 455 g/mol. The quantitative estimate of drug-likeness (QED) is 0.591. The molecule has 4 N–H and O–H groups in total. The van der Waals surface area contributed by atoms with Gasteiger partial charge in [0.2, 0.25) is 5.88 Å². The highest BCUT2D eigenvalue weighted by atomic mass is 19.3. The van der Waals surface area contributed by atoms with Crippen LogP contribution in [-0.2, 0) is 15.1 Å². The summed E-state index contributed by atoms with van der Waals surface area (Å²) in [4.78, 5) is 32.3. The highest BCUT2D eigenvalue weighted by Gasteiger charge is 2.54. The van der Waals surface area contributed by atoms with Crippen molar-refractivity contribution >= 4 is 23.9 Å². The molecule has 172 valence electrons. The number of nitrogens with one attached hydrogen (secondary N) is 1. The van der Waals surface area contributed by atoms with Gasteiger partial charge < -0.3 is 25.6 Å². The molecule has 0 bridgehead atoms. The third kappa shape index (κ3) is 5.29. The number of amides is 1. The first-order chi connectivity index (χ1) is 15.1. The molecule has 0 spiro atoms. The third-order valence-electron chi connectivity index (χ3n) is 4.43. The molecule has 1 unspecified atom stereocenters. The number of alkyl halides is 2. The Morgan fingerprint density at radius 3 is 2.62 bits per heavy atom.